The van der Waals surface area contributed by atoms with E-state index >= 15 is 0 Å². The highest BCUT2D eigenvalue weighted by Crippen LogP contribution is 2.21. The number of barbiturate groups is 1. The Morgan fingerprint density at radius 2 is 1.83 bits per heavy atom. The maximum atomic E-state index is 12.3. The Hall–Kier alpha value is -1.39. The molecule has 1 fully saturated rings. The first-order chi connectivity index (χ1) is 8.56. The second kappa shape index (κ2) is 6.52. The predicted molar refractivity (Wildman–Crippen MR) is 67.8 cm³/mol. The van der Waals surface area contributed by atoms with Crippen molar-refractivity contribution in [3.8, 4) is 0 Å². The molecule has 1 rings (SSSR count). The van der Waals surface area contributed by atoms with Crippen molar-refractivity contribution in [3.05, 3.63) is 0 Å². The van der Waals surface area contributed by atoms with Crippen molar-refractivity contribution in [3.63, 3.8) is 0 Å². The van der Waals surface area contributed by atoms with E-state index in [2.05, 4.69) is 5.32 Å². The van der Waals surface area contributed by atoms with Gasteiger partial charge in [0.05, 0.1) is 0 Å². The van der Waals surface area contributed by atoms with Crippen LogP contribution in [0.1, 0.15) is 52.9 Å². The van der Waals surface area contributed by atoms with Crippen molar-refractivity contribution in [2.45, 2.75) is 58.9 Å². The normalized spacial score (nSPS) is 22.1. The standard InChI is InChI=1S/C13H22N2O3/c1-4-7-9(6-3)15-12(17)10(8-5-2)11(16)14-13(15)18/h9-10H,4-8H2,1-3H3,(H,14,16,18). The summed E-state index contributed by atoms with van der Waals surface area (Å²) in [6, 6.07) is -0.660. The smallest absolute Gasteiger partial charge is 0.277 e. The van der Waals surface area contributed by atoms with E-state index in [1.165, 1.54) is 4.90 Å². The molecule has 5 heteroatoms. The summed E-state index contributed by atoms with van der Waals surface area (Å²) in [5.41, 5.74) is 0. The van der Waals surface area contributed by atoms with Gasteiger partial charge in [0.25, 0.3) is 0 Å². The van der Waals surface area contributed by atoms with E-state index in [4.69, 9.17) is 0 Å². The van der Waals surface area contributed by atoms with E-state index in [0.717, 1.165) is 25.7 Å². The Bertz CT molecular complexity index is 341. The summed E-state index contributed by atoms with van der Waals surface area (Å²) in [5, 5.41) is 2.30. The first-order valence-electron chi connectivity index (χ1n) is 6.74. The number of carbonyl (C=O) groups is 3. The van der Waals surface area contributed by atoms with Gasteiger partial charge in [0, 0.05) is 6.04 Å². The van der Waals surface area contributed by atoms with Gasteiger partial charge in [-0.25, -0.2) is 4.79 Å². The molecule has 0 bridgehead atoms. The van der Waals surface area contributed by atoms with Crippen LogP contribution in [0.3, 0.4) is 0 Å². The van der Waals surface area contributed by atoms with Gasteiger partial charge >= 0.3 is 6.03 Å². The van der Waals surface area contributed by atoms with Crippen molar-refractivity contribution in [2.24, 2.45) is 5.92 Å². The minimum atomic E-state index is -0.696. The zero-order valence-electron chi connectivity index (χ0n) is 11.4. The van der Waals surface area contributed by atoms with Crippen LogP contribution in [0.25, 0.3) is 0 Å². The highest BCUT2D eigenvalue weighted by molar-refractivity contribution is 6.16. The Kier molecular flexibility index (Phi) is 5.31. The van der Waals surface area contributed by atoms with Crippen LogP contribution in [-0.4, -0.2) is 28.8 Å². The second-order valence-electron chi connectivity index (χ2n) is 4.69. The van der Waals surface area contributed by atoms with Gasteiger partial charge in [-0.1, -0.05) is 33.6 Å². The van der Waals surface area contributed by atoms with Crippen LogP contribution in [-0.2, 0) is 9.59 Å². The largest absolute Gasteiger partial charge is 0.331 e. The molecule has 2 atom stereocenters. The molecule has 0 spiro atoms. The molecule has 1 aliphatic rings. The van der Waals surface area contributed by atoms with E-state index < -0.39 is 17.9 Å². The number of imide groups is 2. The van der Waals surface area contributed by atoms with E-state index in [-0.39, 0.29) is 11.9 Å². The van der Waals surface area contributed by atoms with Gasteiger partial charge in [-0.05, 0) is 19.3 Å². The van der Waals surface area contributed by atoms with E-state index in [1.54, 1.807) is 0 Å². The average molecular weight is 254 g/mol. The molecule has 2 unspecified atom stereocenters. The van der Waals surface area contributed by atoms with Gasteiger partial charge in [-0.3, -0.25) is 19.8 Å². The van der Waals surface area contributed by atoms with Crippen molar-refractivity contribution >= 4 is 17.8 Å². The van der Waals surface area contributed by atoms with Crippen LogP contribution in [0.5, 0.6) is 0 Å². The Balaban J connectivity index is 2.91. The quantitative estimate of drug-likeness (QED) is 0.738. The van der Waals surface area contributed by atoms with Gasteiger partial charge in [0.15, 0.2) is 0 Å². The summed E-state index contributed by atoms with van der Waals surface area (Å²) in [6.07, 6.45) is 3.65. The molecule has 0 radical (unpaired) electrons. The monoisotopic (exact) mass is 254 g/mol. The topological polar surface area (TPSA) is 66.5 Å². The Morgan fingerprint density at radius 3 is 2.33 bits per heavy atom. The van der Waals surface area contributed by atoms with Crippen LogP contribution >= 0.6 is 0 Å². The van der Waals surface area contributed by atoms with Crippen LogP contribution in [0.4, 0.5) is 4.79 Å². The molecule has 0 saturated carbocycles. The van der Waals surface area contributed by atoms with Crippen molar-refractivity contribution in [2.75, 3.05) is 0 Å². The fraction of sp³-hybridized carbons (Fsp3) is 0.769. The molecule has 0 aromatic rings. The zero-order valence-corrected chi connectivity index (χ0v) is 11.4. The molecule has 102 valence electrons. The predicted octanol–water partition coefficient (Wildman–Crippen LogP) is 2.06. The van der Waals surface area contributed by atoms with Crippen LogP contribution in [0.15, 0.2) is 0 Å². The third kappa shape index (κ3) is 2.89. The molecule has 0 aromatic carbocycles. The minimum Gasteiger partial charge on any atom is -0.277 e. The molecule has 0 aliphatic carbocycles. The molecule has 1 N–H and O–H groups in total. The number of urea groups is 1. The molecule has 1 aliphatic heterocycles. The lowest BCUT2D eigenvalue weighted by molar-refractivity contribution is -0.144. The molecule has 4 amide bonds. The number of rotatable bonds is 6. The van der Waals surface area contributed by atoms with Gasteiger partial charge in [-0.2, -0.15) is 0 Å². The summed E-state index contributed by atoms with van der Waals surface area (Å²) in [7, 11) is 0. The summed E-state index contributed by atoms with van der Waals surface area (Å²) in [4.78, 5) is 37.0. The zero-order chi connectivity index (χ0) is 13.7. The minimum absolute atomic E-state index is 0.102. The van der Waals surface area contributed by atoms with E-state index in [9.17, 15) is 14.4 Å². The fourth-order valence-electron chi connectivity index (χ4n) is 2.37. The lowest BCUT2D eigenvalue weighted by Crippen LogP contribution is -2.60. The summed E-state index contributed by atoms with van der Waals surface area (Å²) in [6.45, 7) is 5.89. The Labute approximate surface area is 108 Å². The first kappa shape index (κ1) is 14.7. The van der Waals surface area contributed by atoms with Crippen LogP contribution in [0, 0.1) is 5.92 Å². The molecular formula is C13H22N2O3. The number of carbonyl (C=O) groups excluding carboxylic acids is 3. The summed E-state index contributed by atoms with van der Waals surface area (Å²) < 4.78 is 0. The Morgan fingerprint density at radius 1 is 1.17 bits per heavy atom. The molecule has 0 aromatic heterocycles. The van der Waals surface area contributed by atoms with Crippen molar-refractivity contribution in [1.82, 2.24) is 10.2 Å². The number of hydrogen-bond acceptors (Lipinski definition) is 3. The van der Waals surface area contributed by atoms with Gasteiger partial charge in [0.2, 0.25) is 11.8 Å². The molecule has 1 heterocycles. The van der Waals surface area contributed by atoms with E-state index in [0.29, 0.717) is 6.42 Å². The first-order valence-corrected chi connectivity index (χ1v) is 6.74. The van der Waals surface area contributed by atoms with Gasteiger partial charge in [0.1, 0.15) is 5.92 Å². The fourth-order valence-corrected chi connectivity index (χ4v) is 2.37. The van der Waals surface area contributed by atoms with Crippen molar-refractivity contribution < 1.29 is 14.4 Å². The third-order valence-electron chi connectivity index (χ3n) is 3.34. The third-order valence-corrected chi connectivity index (χ3v) is 3.34. The molecule has 18 heavy (non-hydrogen) atoms. The SMILES string of the molecule is CCCC1C(=O)NC(=O)N(C(CC)CCC)C1=O. The maximum absolute atomic E-state index is 12.3. The maximum Gasteiger partial charge on any atom is 0.331 e. The second-order valence-corrected chi connectivity index (χ2v) is 4.69. The molecule has 5 nitrogen and oxygen atoms in total. The van der Waals surface area contributed by atoms with Gasteiger partial charge < -0.3 is 0 Å². The highest BCUT2D eigenvalue weighted by Gasteiger charge is 2.42. The highest BCUT2D eigenvalue weighted by atomic mass is 16.2. The number of nitrogens with one attached hydrogen (secondary N) is 1. The summed E-state index contributed by atoms with van der Waals surface area (Å²) >= 11 is 0. The summed E-state index contributed by atoms with van der Waals surface area (Å²) in [5.74, 6) is -1.47. The lowest BCUT2D eigenvalue weighted by Gasteiger charge is -2.35. The molecular weight excluding hydrogens is 232 g/mol. The van der Waals surface area contributed by atoms with Gasteiger partial charge in [-0.15, -0.1) is 0 Å². The lowest BCUT2D eigenvalue weighted by atomic mass is 9.96. The number of amides is 4. The van der Waals surface area contributed by atoms with E-state index in [1.807, 2.05) is 20.8 Å². The number of hydrogen-bond donors (Lipinski definition) is 1. The molecule has 1 saturated heterocycles. The van der Waals surface area contributed by atoms with Crippen molar-refractivity contribution in [1.29, 1.82) is 0 Å². The van der Waals surface area contributed by atoms with Crippen LogP contribution in [0.2, 0.25) is 0 Å². The average Bonchev–Trinajstić information content (AvgIpc) is 2.33. The number of nitrogens with zero attached hydrogens (tertiary/aromatic N) is 1. The van der Waals surface area contributed by atoms with Crippen LogP contribution < -0.4 is 5.32 Å².